The van der Waals surface area contributed by atoms with E-state index in [1.54, 1.807) is 24.2 Å². The second-order valence-corrected chi connectivity index (χ2v) is 6.67. The third kappa shape index (κ3) is 2.75. The number of nitrogens with one attached hydrogen (secondary N) is 1. The summed E-state index contributed by atoms with van der Waals surface area (Å²) in [6.07, 6.45) is 3.96. The zero-order chi connectivity index (χ0) is 18.3. The molecule has 2 aromatic heterocycles. The molecule has 1 saturated heterocycles. The largest absolute Gasteiger partial charge is 0.451 e. The first-order valence-electron chi connectivity index (χ1n) is 8.54. The predicted octanol–water partition coefficient (Wildman–Crippen LogP) is 2.12. The predicted molar refractivity (Wildman–Crippen MR) is 95.4 cm³/mol. The SMILES string of the molecule is CN1C(=O)C[C@@H](CNC(=O)c2cc3ccccc3o2)[C@@H]1c1nccn1C. The molecule has 2 atom stereocenters. The van der Waals surface area contributed by atoms with Crippen LogP contribution in [-0.2, 0) is 11.8 Å². The van der Waals surface area contributed by atoms with Gasteiger partial charge in [-0.3, -0.25) is 9.59 Å². The maximum atomic E-state index is 12.5. The molecule has 4 rings (SSSR count). The van der Waals surface area contributed by atoms with Crippen LogP contribution in [0.1, 0.15) is 28.8 Å². The number of aryl methyl sites for hydroxylation is 1. The van der Waals surface area contributed by atoms with Crippen molar-refractivity contribution in [1.82, 2.24) is 19.8 Å². The number of nitrogens with zero attached hydrogens (tertiary/aromatic N) is 3. The van der Waals surface area contributed by atoms with Crippen LogP contribution in [-0.4, -0.2) is 39.9 Å². The van der Waals surface area contributed by atoms with E-state index in [1.807, 2.05) is 42.1 Å². The van der Waals surface area contributed by atoms with Gasteiger partial charge in [0, 0.05) is 50.8 Å². The van der Waals surface area contributed by atoms with Crippen LogP contribution in [0.5, 0.6) is 0 Å². The Morgan fingerprint density at radius 3 is 2.88 bits per heavy atom. The number of carbonyl (C=O) groups excluding carboxylic acids is 2. The highest BCUT2D eigenvalue weighted by atomic mass is 16.3. The molecule has 26 heavy (non-hydrogen) atoms. The molecule has 1 aliphatic heterocycles. The van der Waals surface area contributed by atoms with Crippen LogP contribution in [0.4, 0.5) is 0 Å². The van der Waals surface area contributed by atoms with E-state index in [2.05, 4.69) is 10.3 Å². The molecule has 134 valence electrons. The molecule has 3 aromatic rings. The Labute approximate surface area is 150 Å². The van der Waals surface area contributed by atoms with Crippen molar-refractivity contribution in [2.75, 3.05) is 13.6 Å². The van der Waals surface area contributed by atoms with Crippen molar-refractivity contribution >= 4 is 22.8 Å². The van der Waals surface area contributed by atoms with Crippen LogP contribution in [0.15, 0.2) is 47.1 Å². The number of para-hydroxylation sites is 1. The fraction of sp³-hybridized carbons (Fsp3) is 0.316. The van der Waals surface area contributed by atoms with Gasteiger partial charge >= 0.3 is 0 Å². The zero-order valence-electron chi connectivity index (χ0n) is 14.7. The fourth-order valence-electron chi connectivity index (χ4n) is 3.59. The van der Waals surface area contributed by atoms with Crippen LogP contribution in [0, 0.1) is 5.92 Å². The van der Waals surface area contributed by atoms with E-state index in [9.17, 15) is 9.59 Å². The lowest BCUT2D eigenvalue weighted by Crippen LogP contribution is -2.33. The summed E-state index contributed by atoms with van der Waals surface area (Å²) < 4.78 is 7.51. The van der Waals surface area contributed by atoms with Crippen LogP contribution in [0.25, 0.3) is 11.0 Å². The summed E-state index contributed by atoms with van der Waals surface area (Å²) >= 11 is 0. The van der Waals surface area contributed by atoms with Crippen molar-refractivity contribution in [2.45, 2.75) is 12.5 Å². The Hall–Kier alpha value is -3.09. The molecule has 3 heterocycles. The van der Waals surface area contributed by atoms with Gasteiger partial charge in [-0.05, 0) is 12.1 Å². The number of aromatic nitrogens is 2. The van der Waals surface area contributed by atoms with Crippen molar-refractivity contribution in [3.05, 3.63) is 54.3 Å². The summed E-state index contributed by atoms with van der Waals surface area (Å²) in [5.41, 5.74) is 0.680. The number of benzene rings is 1. The maximum absolute atomic E-state index is 12.5. The lowest BCUT2D eigenvalue weighted by Gasteiger charge is -2.24. The third-order valence-electron chi connectivity index (χ3n) is 4.99. The minimum Gasteiger partial charge on any atom is -0.451 e. The average Bonchev–Trinajstić information content (AvgIpc) is 3.31. The molecule has 0 aliphatic carbocycles. The fourth-order valence-corrected chi connectivity index (χ4v) is 3.59. The van der Waals surface area contributed by atoms with E-state index >= 15 is 0 Å². The van der Waals surface area contributed by atoms with Gasteiger partial charge in [0.15, 0.2) is 5.76 Å². The minimum absolute atomic E-state index is 0.0399. The monoisotopic (exact) mass is 352 g/mol. The van der Waals surface area contributed by atoms with Crippen LogP contribution >= 0.6 is 0 Å². The van der Waals surface area contributed by atoms with Crippen molar-refractivity contribution < 1.29 is 14.0 Å². The van der Waals surface area contributed by atoms with Crippen molar-refractivity contribution in [2.24, 2.45) is 13.0 Å². The van der Waals surface area contributed by atoms with Crippen molar-refractivity contribution in [3.8, 4) is 0 Å². The molecule has 0 saturated carbocycles. The second-order valence-electron chi connectivity index (χ2n) is 6.67. The van der Waals surface area contributed by atoms with Crippen LogP contribution in [0.3, 0.4) is 0 Å². The summed E-state index contributed by atoms with van der Waals surface area (Å²) in [4.78, 5) is 30.8. The molecule has 0 bridgehead atoms. The third-order valence-corrected chi connectivity index (χ3v) is 4.99. The number of carbonyl (C=O) groups is 2. The van der Waals surface area contributed by atoms with E-state index in [0.717, 1.165) is 11.2 Å². The van der Waals surface area contributed by atoms with Crippen LogP contribution < -0.4 is 5.32 Å². The molecule has 0 spiro atoms. The van der Waals surface area contributed by atoms with Gasteiger partial charge in [0.1, 0.15) is 11.4 Å². The molecule has 1 fully saturated rings. The van der Waals surface area contributed by atoms with Crippen molar-refractivity contribution in [3.63, 3.8) is 0 Å². The summed E-state index contributed by atoms with van der Waals surface area (Å²) in [7, 11) is 3.69. The van der Waals surface area contributed by atoms with Gasteiger partial charge in [-0.2, -0.15) is 0 Å². The average molecular weight is 352 g/mol. The molecule has 7 nitrogen and oxygen atoms in total. The van der Waals surface area contributed by atoms with E-state index < -0.39 is 0 Å². The Morgan fingerprint density at radius 2 is 2.15 bits per heavy atom. The molecule has 7 heteroatoms. The summed E-state index contributed by atoms with van der Waals surface area (Å²) in [6, 6.07) is 9.07. The molecular weight excluding hydrogens is 332 g/mol. The molecule has 2 amide bonds. The van der Waals surface area contributed by atoms with E-state index in [0.29, 0.717) is 18.5 Å². The first-order chi connectivity index (χ1) is 12.5. The highest BCUT2D eigenvalue weighted by molar-refractivity contribution is 5.96. The Bertz CT molecular complexity index is 941. The Kier molecular flexibility index (Phi) is 3.99. The number of hydrogen-bond acceptors (Lipinski definition) is 4. The summed E-state index contributed by atoms with van der Waals surface area (Å²) in [5, 5.41) is 3.79. The van der Waals surface area contributed by atoms with E-state index in [-0.39, 0.29) is 29.5 Å². The first kappa shape index (κ1) is 16.4. The molecule has 1 aliphatic rings. The number of imidazole rings is 1. The second kappa shape index (κ2) is 6.33. The molecule has 1 N–H and O–H groups in total. The van der Waals surface area contributed by atoms with Gasteiger partial charge in [-0.15, -0.1) is 0 Å². The number of rotatable bonds is 4. The number of fused-ring (bicyclic) bond motifs is 1. The standard InChI is InChI=1S/C19H20N4O3/c1-22-8-7-20-18(22)17-13(10-16(24)23(17)2)11-21-19(25)15-9-12-5-3-4-6-14(12)26-15/h3-9,13,17H,10-11H2,1-2H3,(H,21,25)/t13-,17+/m0/s1. The maximum Gasteiger partial charge on any atom is 0.287 e. The highest BCUT2D eigenvalue weighted by Crippen LogP contribution is 2.35. The first-order valence-corrected chi connectivity index (χ1v) is 8.54. The van der Waals surface area contributed by atoms with Gasteiger partial charge in [0.25, 0.3) is 5.91 Å². The lowest BCUT2D eigenvalue weighted by molar-refractivity contribution is -0.127. The van der Waals surface area contributed by atoms with Gasteiger partial charge < -0.3 is 19.2 Å². The summed E-state index contributed by atoms with van der Waals surface area (Å²) in [6.45, 7) is 0.378. The van der Waals surface area contributed by atoms with Gasteiger partial charge in [-0.1, -0.05) is 18.2 Å². The molecule has 1 aromatic carbocycles. The Morgan fingerprint density at radius 1 is 1.35 bits per heavy atom. The van der Waals surface area contributed by atoms with Gasteiger partial charge in [0.05, 0.1) is 6.04 Å². The van der Waals surface area contributed by atoms with Gasteiger partial charge in [0.2, 0.25) is 5.91 Å². The number of hydrogen-bond donors (Lipinski definition) is 1. The minimum atomic E-state index is -0.276. The molecule has 0 unspecified atom stereocenters. The number of furan rings is 1. The lowest BCUT2D eigenvalue weighted by atomic mass is 9.99. The quantitative estimate of drug-likeness (QED) is 0.780. The highest BCUT2D eigenvalue weighted by Gasteiger charge is 2.40. The number of amides is 2. The Balaban J connectivity index is 1.50. The summed E-state index contributed by atoms with van der Waals surface area (Å²) in [5.74, 6) is 0.837. The molecular formula is C19H20N4O3. The van der Waals surface area contributed by atoms with E-state index in [4.69, 9.17) is 4.42 Å². The zero-order valence-corrected chi connectivity index (χ0v) is 14.7. The van der Waals surface area contributed by atoms with Crippen molar-refractivity contribution in [1.29, 1.82) is 0 Å². The smallest absolute Gasteiger partial charge is 0.287 e. The number of likely N-dealkylation sites (tertiary alicyclic amines) is 1. The topological polar surface area (TPSA) is 80.4 Å². The molecule has 0 radical (unpaired) electrons. The van der Waals surface area contributed by atoms with Crippen LogP contribution in [0.2, 0.25) is 0 Å². The normalized spacial score (nSPS) is 20.1. The van der Waals surface area contributed by atoms with Gasteiger partial charge in [-0.25, -0.2) is 4.98 Å². The van der Waals surface area contributed by atoms with E-state index in [1.165, 1.54) is 0 Å².